The van der Waals surface area contributed by atoms with Crippen LogP contribution in [-0.2, 0) is 18.3 Å². The molecule has 0 aliphatic heterocycles. The lowest BCUT2D eigenvalue weighted by Crippen LogP contribution is -2.05. The first-order valence-electron chi connectivity index (χ1n) is 5.27. The highest BCUT2D eigenvalue weighted by molar-refractivity contribution is 5.86. The lowest BCUT2D eigenvalue weighted by atomic mass is 10.1. The van der Waals surface area contributed by atoms with E-state index in [1.807, 2.05) is 23.7 Å². The molecule has 16 heavy (non-hydrogen) atoms. The van der Waals surface area contributed by atoms with Crippen LogP contribution >= 0.6 is 0 Å². The Hall–Kier alpha value is -1.77. The fourth-order valence-electron chi connectivity index (χ4n) is 2.13. The molecule has 1 N–H and O–H groups in total. The van der Waals surface area contributed by atoms with Crippen molar-refractivity contribution in [2.75, 3.05) is 0 Å². The second-order valence-corrected chi connectivity index (χ2v) is 4.21. The van der Waals surface area contributed by atoms with E-state index in [4.69, 9.17) is 5.11 Å². The summed E-state index contributed by atoms with van der Waals surface area (Å²) >= 11 is 0. The number of hydrogen-bond donors (Lipinski definition) is 1. The van der Waals surface area contributed by atoms with Crippen molar-refractivity contribution in [2.45, 2.75) is 20.3 Å². The van der Waals surface area contributed by atoms with E-state index >= 15 is 0 Å². The molecule has 1 aromatic heterocycles. The fraction of sp³-hybridized carbons (Fsp3) is 0.308. The second kappa shape index (κ2) is 3.67. The zero-order valence-corrected chi connectivity index (χ0v) is 9.74. The summed E-state index contributed by atoms with van der Waals surface area (Å²) in [5.74, 6) is -0.791. The molecule has 3 nitrogen and oxygen atoms in total. The monoisotopic (exact) mass is 217 g/mol. The van der Waals surface area contributed by atoms with Crippen molar-refractivity contribution in [1.29, 1.82) is 0 Å². The molecule has 0 fully saturated rings. The summed E-state index contributed by atoms with van der Waals surface area (Å²) in [6.07, 6.45) is 0.0731. The van der Waals surface area contributed by atoms with E-state index < -0.39 is 5.97 Å². The number of aryl methyl sites for hydroxylation is 3. The van der Waals surface area contributed by atoms with E-state index in [0.717, 1.165) is 16.6 Å². The second-order valence-electron chi connectivity index (χ2n) is 4.21. The number of hydrogen-bond acceptors (Lipinski definition) is 1. The number of aliphatic carboxylic acids is 1. The van der Waals surface area contributed by atoms with Crippen molar-refractivity contribution < 1.29 is 9.90 Å². The molecule has 1 heterocycles. The Bertz CT molecular complexity index is 567. The van der Waals surface area contributed by atoms with Crippen LogP contribution in [-0.4, -0.2) is 15.6 Å². The van der Waals surface area contributed by atoms with E-state index in [2.05, 4.69) is 19.9 Å². The number of rotatable bonds is 2. The summed E-state index contributed by atoms with van der Waals surface area (Å²) < 4.78 is 1.98. The highest BCUT2D eigenvalue weighted by Gasteiger charge is 2.11. The average Bonchev–Trinajstić information content (AvgIpc) is 2.50. The molecule has 0 atom stereocenters. The Labute approximate surface area is 94.3 Å². The van der Waals surface area contributed by atoms with Gasteiger partial charge in [-0.2, -0.15) is 0 Å². The highest BCUT2D eigenvalue weighted by Crippen LogP contribution is 2.24. The third kappa shape index (κ3) is 1.58. The van der Waals surface area contributed by atoms with Gasteiger partial charge in [-0.15, -0.1) is 0 Å². The van der Waals surface area contributed by atoms with Crippen LogP contribution in [0.15, 0.2) is 18.2 Å². The molecular weight excluding hydrogens is 202 g/mol. The molecule has 0 aliphatic rings. The summed E-state index contributed by atoms with van der Waals surface area (Å²) in [6.45, 7) is 4.14. The number of nitrogens with zero attached hydrogens (tertiary/aromatic N) is 1. The number of carbonyl (C=O) groups is 1. The van der Waals surface area contributed by atoms with Crippen LogP contribution in [0.5, 0.6) is 0 Å². The van der Waals surface area contributed by atoms with E-state index in [1.54, 1.807) is 0 Å². The zero-order valence-electron chi connectivity index (χ0n) is 9.74. The summed E-state index contributed by atoms with van der Waals surface area (Å²) in [5.41, 5.74) is 4.43. The topological polar surface area (TPSA) is 42.2 Å². The molecule has 0 saturated heterocycles. The Kier molecular flexibility index (Phi) is 2.46. The van der Waals surface area contributed by atoms with Crippen molar-refractivity contribution >= 4 is 16.9 Å². The minimum atomic E-state index is -0.791. The maximum atomic E-state index is 10.7. The molecule has 0 radical (unpaired) electrons. The predicted octanol–water partition coefficient (Wildman–Crippen LogP) is 2.42. The molecule has 0 spiro atoms. The molecule has 2 aromatic rings. The first kappa shape index (κ1) is 10.7. The largest absolute Gasteiger partial charge is 0.481 e. The lowest BCUT2D eigenvalue weighted by Gasteiger charge is -2.06. The first-order chi connectivity index (χ1) is 7.50. The van der Waals surface area contributed by atoms with Gasteiger partial charge in [-0.3, -0.25) is 4.79 Å². The quantitative estimate of drug-likeness (QED) is 0.839. The summed E-state index contributed by atoms with van der Waals surface area (Å²) in [6, 6.07) is 6.07. The summed E-state index contributed by atoms with van der Waals surface area (Å²) in [7, 11) is 1.92. The van der Waals surface area contributed by atoms with Crippen LogP contribution in [0.2, 0.25) is 0 Å². The molecule has 3 heteroatoms. The number of benzene rings is 1. The molecule has 84 valence electrons. The third-order valence-corrected chi connectivity index (χ3v) is 3.15. The Morgan fingerprint density at radius 2 is 2.06 bits per heavy atom. The number of aromatic nitrogens is 1. The third-order valence-electron chi connectivity index (χ3n) is 3.15. The Morgan fingerprint density at radius 1 is 1.38 bits per heavy atom. The van der Waals surface area contributed by atoms with Gasteiger partial charge >= 0.3 is 5.97 Å². The maximum Gasteiger partial charge on any atom is 0.309 e. The molecule has 0 amide bonds. The van der Waals surface area contributed by atoms with Gasteiger partial charge in [-0.1, -0.05) is 12.1 Å². The van der Waals surface area contributed by atoms with E-state index in [0.29, 0.717) is 0 Å². The van der Waals surface area contributed by atoms with Crippen LogP contribution < -0.4 is 0 Å². The van der Waals surface area contributed by atoms with Gasteiger partial charge in [0, 0.05) is 18.1 Å². The van der Waals surface area contributed by atoms with Crippen molar-refractivity contribution in [3.8, 4) is 0 Å². The average molecular weight is 217 g/mol. The van der Waals surface area contributed by atoms with E-state index in [1.165, 1.54) is 11.1 Å². The highest BCUT2D eigenvalue weighted by atomic mass is 16.4. The van der Waals surface area contributed by atoms with Gasteiger partial charge in [0.15, 0.2) is 0 Å². The summed E-state index contributed by atoms with van der Waals surface area (Å²) in [4.78, 5) is 10.7. The van der Waals surface area contributed by atoms with Gasteiger partial charge in [0.1, 0.15) is 0 Å². The zero-order chi connectivity index (χ0) is 11.9. The normalized spacial score (nSPS) is 10.9. The molecule has 0 saturated carbocycles. The van der Waals surface area contributed by atoms with Gasteiger partial charge in [0.2, 0.25) is 0 Å². The number of carboxylic acid groups (broad SMARTS) is 1. The van der Waals surface area contributed by atoms with Crippen LogP contribution in [0.1, 0.15) is 16.8 Å². The van der Waals surface area contributed by atoms with Crippen LogP contribution in [0.3, 0.4) is 0 Å². The smallest absolute Gasteiger partial charge is 0.309 e. The number of fused-ring (bicyclic) bond motifs is 1. The van der Waals surface area contributed by atoms with Crippen molar-refractivity contribution in [3.63, 3.8) is 0 Å². The minimum Gasteiger partial charge on any atom is -0.481 e. The van der Waals surface area contributed by atoms with Gasteiger partial charge in [0.25, 0.3) is 0 Å². The van der Waals surface area contributed by atoms with Gasteiger partial charge in [-0.05, 0) is 31.0 Å². The molecule has 2 rings (SSSR count). The van der Waals surface area contributed by atoms with Crippen LogP contribution in [0.4, 0.5) is 0 Å². The van der Waals surface area contributed by atoms with Crippen LogP contribution in [0.25, 0.3) is 10.9 Å². The fourth-order valence-corrected chi connectivity index (χ4v) is 2.13. The minimum absolute atomic E-state index is 0.0731. The number of carboxylic acids is 1. The van der Waals surface area contributed by atoms with E-state index in [-0.39, 0.29) is 6.42 Å². The lowest BCUT2D eigenvalue weighted by molar-refractivity contribution is -0.136. The molecule has 0 aliphatic carbocycles. The molecule has 0 unspecified atom stereocenters. The molecular formula is C13H15NO2. The standard InChI is InChI=1S/C13H15NO2/c1-8-4-5-10-6-11(7-12(15)16)14(3)13(10)9(8)2/h4-6H,7H2,1-3H3,(H,15,16). The van der Waals surface area contributed by atoms with E-state index in [9.17, 15) is 4.79 Å². The van der Waals surface area contributed by atoms with Gasteiger partial charge in [-0.25, -0.2) is 0 Å². The van der Waals surface area contributed by atoms with Gasteiger partial charge in [0.05, 0.1) is 11.9 Å². The van der Waals surface area contributed by atoms with Crippen molar-refractivity contribution in [1.82, 2.24) is 4.57 Å². The Balaban J connectivity index is 2.69. The SMILES string of the molecule is Cc1ccc2cc(CC(=O)O)n(C)c2c1C. The van der Waals surface area contributed by atoms with Crippen molar-refractivity contribution in [2.24, 2.45) is 7.05 Å². The maximum absolute atomic E-state index is 10.7. The molecule has 1 aromatic carbocycles. The molecule has 0 bridgehead atoms. The first-order valence-corrected chi connectivity index (χ1v) is 5.27. The van der Waals surface area contributed by atoms with Crippen molar-refractivity contribution in [3.05, 3.63) is 35.0 Å². The Morgan fingerprint density at radius 3 is 2.69 bits per heavy atom. The summed E-state index contributed by atoms with van der Waals surface area (Å²) in [5, 5.41) is 9.94. The van der Waals surface area contributed by atoms with Gasteiger partial charge < -0.3 is 9.67 Å². The van der Waals surface area contributed by atoms with Crippen LogP contribution in [0, 0.1) is 13.8 Å². The predicted molar refractivity (Wildman–Crippen MR) is 63.7 cm³/mol.